The maximum Gasteiger partial charge on any atom is 0.126 e. The van der Waals surface area contributed by atoms with Gasteiger partial charge in [0, 0.05) is 5.33 Å². The molecule has 0 rings (SSSR count). The topological polar surface area (TPSA) is 21.6 Å². The molecule has 48 valence electrons. The van der Waals surface area contributed by atoms with Crippen molar-refractivity contribution in [1.82, 2.24) is 0 Å². The molecule has 0 aliphatic rings. The summed E-state index contributed by atoms with van der Waals surface area (Å²) in [5.41, 5.74) is 0.950. The first kappa shape index (κ1) is 7.95. The highest BCUT2D eigenvalue weighted by atomic mass is 79.9. The van der Waals surface area contributed by atoms with E-state index >= 15 is 0 Å². The van der Waals surface area contributed by atoms with Crippen molar-refractivity contribution in [3.8, 4) is 0 Å². The lowest BCUT2D eigenvalue weighted by Crippen LogP contribution is -1.90. The van der Waals surface area contributed by atoms with Gasteiger partial charge in [-0.1, -0.05) is 21.1 Å². The molecule has 0 saturated heterocycles. The van der Waals surface area contributed by atoms with Gasteiger partial charge in [-0.05, 0) is 13.8 Å². The molecule has 0 bridgehead atoms. The van der Waals surface area contributed by atoms with Crippen molar-refractivity contribution in [3.05, 3.63) is 0 Å². The fraction of sp³-hybridized carbons (Fsp3) is 0.800. The van der Waals surface area contributed by atoms with Crippen LogP contribution >= 0.6 is 15.9 Å². The predicted octanol–water partition coefficient (Wildman–Crippen LogP) is 1.79. The molecule has 0 aromatic carbocycles. The van der Waals surface area contributed by atoms with E-state index in [-0.39, 0.29) is 0 Å². The van der Waals surface area contributed by atoms with Crippen molar-refractivity contribution in [2.45, 2.75) is 13.8 Å². The monoisotopic (exact) mass is 179 g/mol. The Bertz CT molecular complexity index is 78.5. The molecule has 0 unspecified atom stereocenters. The second kappa shape index (κ2) is 5.09. The summed E-state index contributed by atoms with van der Waals surface area (Å²) >= 11 is 3.21. The lowest BCUT2D eigenvalue weighted by molar-refractivity contribution is 0.162. The van der Waals surface area contributed by atoms with Gasteiger partial charge in [-0.2, -0.15) is 0 Å². The van der Waals surface area contributed by atoms with E-state index in [0.29, 0.717) is 6.61 Å². The van der Waals surface area contributed by atoms with E-state index < -0.39 is 0 Å². The Morgan fingerprint density at radius 1 is 1.62 bits per heavy atom. The van der Waals surface area contributed by atoms with Gasteiger partial charge in [0.15, 0.2) is 0 Å². The summed E-state index contributed by atoms with van der Waals surface area (Å²) in [4.78, 5) is 4.79. The van der Waals surface area contributed by atoms with Crippen LogP contribution < -0.4 is 0 Å². The van der Waals surface area contributed by atoms with Crippen LogP contribution in [-0.4, -0.2) is 17.6 Å². The largest absolute Gasteiger partial charge is 0.395 e. The second-order valence-electron chi connectivity index (χ2n) is 1.56. The minimum Gasteiger partial charge on any atom is -0.395 e. The molecule has 0 aliphatic carbocycles. The van der Waals surface area contributed by atoms with Gasteiger partial charge >= 0.3 is 0 Å². The van der Waals surface area contributed by atoms with Crippen LogP contribution in [0.5, 0.6) is 0 Å². The standard InChI is InChI=1S/C5H10BrNO/c1-5(2)7-8-4-3-6/h3-4H2,1-2H3. The number of halogens is 1. The van der Waals surface area contributed by atoms with E-state index in [2.05, 4.69) is 21.1 Å². The average molecular weight is 180 g/mol. The van der Waals surface area contributed by atoms with Gasteiger partial charge < -0.3 is 4.84 Å². The number of rotatable bonds is 3. The minimum absolute atomic E-state index is 0.644. The van der Waals surface area contributed by atoms with Crippen LogP contribution in [0.15, 0.2) is 5.16 Å². The summed E-state index contributed by atoms with van der Waals surface area (Å²) in [6, 6.07) is 0. The maximum absolute atomic E-state index is 4.79. The highest BCUT2D eigenvalue weighted by Gasteiger charge is 1.78. The minimum atomic E-state index is 0.644. The van der Waals surface area contributed by atoms with Gasteiger partial charge in [-0.3, -0.25) is 0 Å². The molecule has 2 nitrogen and oxygen atoms in total. The van der Waals surface area contributed by atoms with E-state index in [1.807, 2.05) is 13.8 Å². The second-order valence-corrected chi connectivity index (χ2v) is 2.35. The third kappa shape index (κ3) is 5.95. The fourth-order valence-corrected chi connectivity index (χ4v) is 0.354. The number of alkyl halides is 1. The molecule has 0 N–H and O–H groups in total. The zero-order valence-corrected chi connectivity index (χ0v) is 6.73. The number of hydrogen-bond acceptors (Lipinski definition) is 2. The molecule has 8 heavy (non-hydrogen) atoms. The van der Waals surface area contributed by atoms with Gasteiger partial charge in [0.05, 0.1) is 5.71 Å². The molecular formula is C5H10BrNO. The molecular weight excluding hydrogens is 170 g/mol. The Morgan fingerprint density at radius 2 is 2.25 bits per heavy atom. The van der Waals surface area contributed by atoms with Crippen molar-refractivity contribution in [3.63, 3.8) is 0 Å². The van der Waals surface area contributed by atoms with E-state index in [1.54, 1.807) is 0 Å². The van der Waals surface area contributed by atoms with Gasteiger partial charge in [-0.15, -0.1) is 0 Å². The predicted molar refractivity (Wildman–Crippen MR) is 38.5 cm³/mol. The highest BCUT2D eigenvalue weighted by molar-refractivity contribution is 9.09. The SMILES string of the molecule is CC(C)=NOCCBr. The molecule has 0 aromatic heterocycles. The maximum atomic E-state index is 4.79. The number of nitrogens with zero attached hydrogens (tertiary/aromatic N) is 1. The van der Waals surface area contributed by atoms with E-state index in [0.717, 1.165) is 11.0 Å². The number of oxime groups is 1. The normalized spacial score (nSPS) is 8.38. The van der Waals surface area contributed by atoms with Gasteiger partial charge in [0.2, 0.25) is 0 Å². The Kier molecular flexibility index (Phi) is 5.06. The zero-order valence-electron chi connectivity index (χ0n) is 5.15. The summed E-state index contributed by atoms with van der Waals surface area (Å²) in [7, 11) is 0. The van der Waals surface area contributed by atoms with E-state index in [4.69, 9.17) is 4.84 Å². The molecule has 0 radical (unpaired) electrons. The average Bonchev–Trinajstić information content (AvgIpc) is 1.66. The summed E-state index contributed by atoms with van der Waals surface area (Å²) in [6.45, 7) is 4.44. The van der Waals surface area contributed by atoms with Crippen molar-refractivity contribution in [2.24, 2.45) is 5.16 Å². The van der Waals surface area contributed by atoms with Gasteiger partial charge in [0.1, 0.15) is 6.61 Å². The number of hydrogen-bond donors (Lipinski definition) is 0. The molecule has 0 heterocycles. The van der Waals surface area contributed by atoms with E-state index in [9.17, 15) is 0 Å². The van der Waals surface area contributed by atoms with Crippen molar-refractivity contribution in [2.75, 3.05) is 11.9 Å². The summed E-state index contributed by atoms with van der Waals surface area (Å²) < 4.78 is 0. The third-order valence-corrected chi connectivity index (χ3v) is 0.739. The summed E-state index contributed by atoms with van der Waals surface area (Å²) in [6.07, 6.45) is 0. The van der Waals surface area contributed by atoms with E-state index in [1.165, 1.54) is 0 Å². The molecule has 0 aromatic rings. The van der Waals surface area contributed by atoms with Crippen molar-refractivity contribution < 1.29 is 4.84 Å². The highest BCUT2D eigenvalue weighted by Crippen LogP contribution is 1.83. The molecule has 0 atom stereocenters. The van der Waals surface area contributed by atoms with Crippen LogP contribution in [0.2, 0.25) is 0 Å². The molecule has 0 amide bonds. The Morgan fingerprint density at radius 3 is 2.62 bits per heavy atom. The molecule has 3 heteroatoms. The fourth-order valence-electron chi connectivity index (χ4n) is 0.209. The molecule has 0 saturated carbocycles. The van der Waals surface area contributed by atoms with Crippen LogP contribution in [0.25, 0.3) is 0 Å². The van der Waals surface area contributed by atoms with Crippen LogP contribution in [0.3, 0.4) is 0 Å². The lowest BCUT2D eigenvalue weighted by Gasteiger charge is -1.92. The first-order valence-electron chi connectivity index (χ1n) is 2.46. The van der Waals surface area contributed by atoms with Gasteiger partial charge in [-0.25, -0.2) is 0 Å². The van der Waals surface area contributed by atoms with Crippen LogP contribution in [-0.2, 0) is 4.84 Å². The molecule has 0 spiro atoms. The Balaban J connectivity index is 3.03. The molecule has 0 fully saturated rings. The quantitative estimate of drug-likeness (QED) is 0.281. The van der Waals surface area contributed by atoms with Crippen LogP contribution in [0, 0.1) is 0 Å². The van der Waals surface area contributed by atoms with Crippen LogP contribution in [0.1, 0.15) is 13.8 Å². The first-order chi connectivity index (χ1) is 3.77. The Hall–Kier alpha value is -0.0500. The van der Waals surface area contributed by atoms with Crippen molar-refractivity contribution >= 4 is 21.6 Å². The van der Waals surface area contributed by atoms with Crippen molar-refractivity contribution in [1.29, 1.82) is 0 Å². The lowest BCUT2D eigenvalue weighted by atomic mass is 10.5. The Labute approximate surface area is 58.0 Å². The first-order valence-corrected chi connectivity index (χ1v) is 3.58. The summed E-state index contributed by atoms with van der Waals surface area (Å²) in [5, 5.41) is 4.54. The van der Waals surface area contributed by atoms with Crippen LogP contribution in [0.4, 0.5) is 0 Å². The summed E-state index contributed by atoms with van der Waals surface area (Å²) in [5.74, 6) is 0. The third-order valence-electron chi connectivity index (χ3n) is 0.416. The van der Waals surface area contributed by atoms with Gasteiger partial charge in [0.25, 0.3) is 0 Å². The zero-order chi connectivity index (χ0) is 6.41. The smallest absolute Gasteiger partial charge is 0.126 e. The molecule has 0 aliphatic heterocycles.